The molecule has 32 heavy (non-hydrogen) atoms. The summed E-state index contributed by atoms with van der Waals surface area (Å²) in [4.78, 5) is 20.0. The van der Waals surface area contributed by atoms with E-state index >= 15 is 0 Å². The minimum absolute atomic E-state index is 0.0353. The molecule has 1 unspecified atom stereocenters. The van der Waals surface area contributed by atoms with Crippen LogP contribution < -0.4 is 10.0 Å². The Balaban J connectivity index is 1.42. The van der Waals surface area contributed by atoms with Crippen molar-refractivity contribution in [3.05, 3.63) is 48.8 Å². The predicted octanol–water partition coefficient (Wildman–Crippen LogP) is 3.98. The highest BCUT2D eigenvalue weighted by atomic mass is 32.2. The number of benzene rings is 1. The van der Waals surface area contributed by atoms with Gasteiger partial charge in [0, 0.05) is 52.6 Å². The molecule has 0 bridgehead atoms. The highest BCUT2D eigenvalue weighted by molar-refractivity contribution is 7.89. The van der Waals surface area contributed by atoms with Crippen molar-refractivity contribution in [1.82, 2.24) is 20.0 Å². The van der Waals surface area contributed by atoms with Gasteiger partial charge >= 0.3 is 0 Å². The Morgan fingerprint density at radius 2 is 1.97 bits per heavy atom. The summed E-state index contributed by atoms with van der Waals surface area (Å²) in [5.41, 5.74) is 2.71. The number of hydrogen-bond donors (Lipinski definition) is 3. The van der Waals surface area contributed by atoms with E-state index in [0.29, 0.717) is 25.7 Å². The highest BCUT2D eigenvalue weighted by Gasteiger charge is 2.29. The van der Waals surface area contributed by atoms with E-state index in [4.69, 9.17) is 0 Å². The fourth-order valence-corrected chi connectivity index (χ4v) is 5.52. The maximum Gasteiger partial charge on any atom is 0.240 e. The Morgan fingerprint density at radius 3 is 2.66 bits per heavy atom. The summed E-state index contributed by atoms with van der Waals surface area (Å²) in [5, 5.41) is 3.87. The van der Waals surface area contributed by atoms with E-state index in [-0.39, 0.29) is 28.8 Å². The summed E-state index contributed by atoms with van der Waals surface area (Å²) in [6, 6.07) is 10.9. The number of aromatic amines is 1. The Morgan fingerprint density at radius 1 is 1.19 bits per heavy atom. The first kappa shape index (κ1) is 22.5. The van der Waals surface area contributed by atoms with Gasteiger partial charge in [-0.25, -0.2) is 13.1 Å². The number of nitrogens with zero attached hydrogens (tertiary/aromatic N) is 1. The quantitative estimate of drug-likeness (QED) is 0.502. The minimum atomic E-state index is -3.64. The van der Waals surface area contributed by atoms with Gasteiger partial charge in [-0.2, -0.15) is 0 Å². The predicted molar refractivity (Wildman–Crippen MR) is 125 cm³/mol. The van der Waals surface area contributed by atoms with Crippen molar-refractivity contribution in [2.24, 2.45) is 5.92 Å². The fraction of sp³-hybridized carbons (Fsp3) is 0.417. The van der Waals surface area contributed by atoms with E-state index in [0.717, 1.165) is 28.6 Å². The number of carbonyl (C=O) groups is 1. The number of carbonyl (C=O) groups excluding carboxylic acids is 1. The molecule has 8 heteroatoms. The molecule has 1 aliphatic carbocycles. The van der Waals surface area contributed by atoms with E-state index in [9.17, 15) is 13.2 Å². The molecule has 1 atom stereocenters. The maximum atomic E-state index is 13.0. The molecular weight excluding hydrogens is 424 g/mol. The van der Waals surface area contributed by atoms with E-state index < -0.39 is 10.0 Å². The van der Waals surface area contributed by atoms with Gasteiger partial charge in [-0.15, -0.1) is 0 Å². The zero-order valence-corrected chi connectivity index (χ0v) is 19.3. The van der Waals surface area contributed by atoms with Gasteiger partial charge in [0.15, 0.2) is 0 Å². The van der Waals surface area contributed by atoms with Crippen LogP contribution in [0.15, 0.2) is 53.7 Å². The SMILES string of the molecule is CCC(C)NC(=O)[C@H]1CC[C@H](NS(=O)(=O)c2ccc3[nH]c(-c4cccnc4)cc3c2)CC1. The van der Waals surface area contributed by atoms with Crippen LogP contribution in [-0.4, -0.2) is 36.4 Å². The molecule has 0 aliphatic heterocycles. The number of rotatable bonds is 7. The molecule has 4 rings (SSSR count). The lowest BCUT2D eigenvalue weighted by Gasteiger charge is -2.29. The summed E-state index contributed by atoms with van der Waals surface area (Å²) in [7, 11) is -3.64. The third-order valence-electron chi connectivity index (χ3n) is 6.30. The summed E-state index contributed by atoms with van der Waals surface area (Å²) in [6.07, 6.45) is 7.10. The fourth-order valence-electron chi connectivity index (χ4n) is 4.18. The first-order valence-corrected chi connectivity index (χ1v) is 12.7. The number of H-pyrrole nitrogens is 1. The van der Waals surface area contributed by atoms with Crippen LogP contribution in [0.1, 0.15) is 46.0 Å². The number of pyridine rings is 1. The van der Waals surface area contributed by atoms with Crippen LogP contribution in [0.5, 0.6) is 0 Å². The van der Waals surface area contributed by atoms with Gasteiger partial charge in [0.2, 0.25) is 15.9 Å². The highest BCUT2D eigenvalue weighted by Crippen LogP contribution is 2.28. The second-order valence-corrected chi connectivity index (χ2v) is 10.4. The molecule has 3 aromatic rings. The molecule has 170 valence electrons. The lowest BCUT2D eigenvalue weighted by Crippen LogP contribution is -2.42. The molecule has 2 aromatic heterocycles. The largest absolute Gasteiger partial charge is 0.354 e. The molecule has 2 heterocycles. The second kappa shape index (κ2) is 9.42. The van der Waals surface area contributed by atoms with Crippen LogP contribution in [0.3, 0.4) is 0 Å². The van der Waals surface area contributed by atoms with Crippen molar-refractivity contribution in [2.75, 3.05) is 0 Å². The van der Waals surface area contributed by atoms with Crippen molar-refractivity contribution in [3.8, 4) is 11.3 Å². The standard InChI is InChI=1S/C24H30N4O3S/c1-3-16(2)26-24(29)17-6-8-20(9-7-17)28-32(30,31)21-10-11-22-19(13-21)14-23(27-22)18-5-4-12-25-15-18/h4-5,10-17,20,27-28H,3,6-9H2,1-2H3,(H,26,29)/t16?,17-,20-. The van der Waals surface area contributed by atoms with Crippen LogP contribution in [0.2, 0.25) is 0 Å². The minimum Gasteiger partial charge on any atom is -0.354 e. The van der Waals surface area contributed by atoms with Crippen molar-refractivity contribution in [1.29, 1.82) is 0 Å². The van der Waals surface area contributed by atoms with Crippen LogP contribution in [0, 0.1) is 5.92 Å². The number of hydrogen-bond acceptors (Lipinski definition) is 4. The van der Waals surface area contributed by atoms with Gasteiger partial charge < -0.3 is 10.3 Å². The van der Waals surface area contributed by atoms with Gasteiger partial charge in [-0.3, -0.25) is 9.78 Å². The smallest absolute Gasteiger partial charge is 0.240 e. The third-order valence-corrected chi connectivity index (χ3v) is 7.81. The zero-order valence-electron chi connectivity index (χ0n) is 18.5. The van der Waals surface area contributed by atoms with Gasteiger partial charge in [0.25, 0.3) is 0 Å². The molecule has 1 saturated carbocycles. The molecule has 3 N–H and O–H groups in total. The topological polar surface area (TPSA) is 104 Å². The molecular formula is C24H30N4O3S. The maximum absolute atomic E-state index is 13.0. The average molecular weight is 455 g/mol. The van der Waals surface area contributed by atoms with Crippen molar-refractivity contribution < 1.29 is 13.2 Å². The third kappa shape index (κ3) is 5.02. The number of fused-ring (bicyclic) bond motifs is 1. The van der Waals surface area contributed by atoms with Crippen molar-refractivity contribution in [3.63, 3.8) is 0 Å². The van der Waals surface area contributed by atoms with Gasteiger partial charge in [-0.1, -0.05) is 6.92 Å². The van der Waals surface area contributed by atoms with Gasteiger partial charge in [-0.05, 0) is 75.4 Å². The first-order chi connectivity index (χ1) is 15.4. The van der Waals surface area contributed by atoms with E-state index in [1.54, 1.807) is 30.6 Å². The second-order valence-electron chi connectivity index (χ2n) is 8.66. The summed E-state index contributed by atoms with van der Waals surface area (Å²) < 4.78 is 28.9. The van der Waals surface area contributed by atoms with Crippen molar-refractivity contribution >= 4 is 26.8 Å². The average Bonchev–Trinajstić information content (AvgIpc) is 3.23. The number of amides is 1. The Bertz CT molecular complexity index is 1180. The molecule has 0 spiro atoms. The van der Waals surface area contributed by atoms with Crippen LogP contribution in [0.25, 0.3) is 22.2 Å². The van der Waals surface area contributed by atoms with Gasteiger partial charge in [0.05, 0.1) is 4.90 Å². The van der Waals surface area contributed by atoms with Crippen molar-refractivity contribution in [2.45, 2.75) is 62.9 Å². The lowest BCUT2D eigenvalue weighted by atomic mass is 9.86. The van der Waals surface area contributed by atoms with E-state index in [1.165, 1.54) is 0 Å². The number of sulfonamides is 1. The summed E-state index contributed by atoms with van der Waals surface area (Å²) in [5.74, 6) is 0.0508. The summed E-state index contributed by atoms with van der Waals surface area (Å²) in [6.45, 7) is 4.04. The molecule has 1 aliphatic rings. The zero-order chi connectivity index (χ0) is 22.7. The number of nitrogens with one attached hydrogen (secondary N) is 3. The van der Waals surface area contributed by atoms with Gasteiger partial charge in [0.1, 0.15) is 0 Å². The normalized spacial score (nSPS) is 20.2. The van der Waals surface area contributed by atoms with Crippen LogP contribution >= 0.6 is 0 Å². The number of aromatic nitrogens is 2. The molecule has 1 fully saturated rings. The molecule has 7 nitrogen and oxygen atoms in total. The van der Waals surface area contributed by atoms with E-state index in [2.05, 4.69) is 20.0 Å². The Labute approximate surface area is 189 Å². The molecule has 1 aromatic carbocycles. The monoisotopic (exact) mass is 454 g/mol. The summed E-state index contributed by atoms with van der Waals surface area (Å²) >= 11 is 0. The van der Waals surface area contributed by atoms with Crippen LogP contribution in [-0.2, 0) is 14.8 Å². The van der Waals surface area contributed by atoms with Crippen LogP contribution in [0.4, 0.5) is 0 Å². The molecule has 1 amide bonds. The van der Waals surface area contributed by atoms with E-state index in [1.807, 2.05) is 32.0 Å². The first-order valence-electron chi connectivity index (χ1n) is 11.2. The molecule has 0 radical (unpaired) electrons. The Hall–Kier alpha value is -2.71. The lowest BCUT2D eigenvalue weighted by molar-refractivity contribution is -0.126. The Kier molecular flexibility index (Phi) is 6.62. The molecule has 0 saturated heterocycles.